The lowest BCUT2D eigenvalue weighted by atomic mass is 9.72. The molecule has 0 aromatic heterocycles. The Morgan fingerprint density at radius 3 is 2.70 bits per heavy atom. The second-order valence-electron chi connectivity index (χ2n) is 8.09. The highest BCUT2D eigenvalue weighted by molar-refractivity contribution is 6.74. The quantitative estimate of drug-likeness (QED) is 0.582. The van der Waals surface area contributed by atoms with Gasteiger partial charge in [-0.25, -0.2) is 4.79 Å². The minimum absolute atomic E-state index is 0.0616. The van der Waals surface area contributed by atoms with E-state index in [9.17, 15) is 4.79 Å². The van der Waals surface area contributed by atoms with E-state index in [0.717, 1.165) is 19.3 Å². The standard InChI is InChI=1S/C16H28O3Si/c1-15(2,3)20(5,6)18-11-16(4)9-7-8-12-10-13(17)19-14(12)16/h10,14H,7-9,11H2,1-6H3/t14-,16-/m1/s1. The summed E-state index contributed by atoms with van der Waals surface area (Å²) in [4.78, 5) is 11.5. The molecule has 0 spiro atoms. The van der Waals surface area contributed by atoms with Crippen LogP contribution in [-0.4, -0.2) is 27.0 Å². The molecule has 2 aliphatic rings. The third-order valence-corrected chi connectivity index (χ3v) is 9.77. The number of rotatable bonds is 3. The molecule has 1 aliphatic carbocycles. The van der Waals surface area contributed by atoms with Gasteiger partial charge in [-0.15, -0.1) is 0 Å². The van der Waals surface area contributed by atoms with E-state index in [4.69, 9.17) is 9.16 Å². The lowest BCUT2D eigenvalue weighted by molar-refractivity contribution is -0.145. The van der Waals surface area contributed by atoms with Gasteiger partial charge in [-0.3, -0.25) is 0 Å². The monoisotopic (exact) mass is 296 g/mol. The number of ether oxygens (including phenoxy) is 1. The van der Waals surface area contributed by atoms with Crippen molar-refractivity contribution >= 4 is 14.3 Å². The van der Waals surface area contributed by atoms with E-state index in [1.807, 2.05) is 0 Å². The van der Waals surface area contributed by atoms with Crippen LogP contribution in [0.5, 0.6) is 0 Å². The summed E-state index contributed by atoms with van der Waals surface area (Å²) in [5.74, 6) is -0.176. The summed E-state index contributed by atoms with van der Waals surface area (Å²) < 4.78 is 11.9. The number of carbonyl (C=O) groups excluding carboxylic acids is 1. The molecule has 4 heteroatoms. The van der Waals surface area contributed by atoms with Crippen molar-refractivity contribution in [1.29, 1.82) is 0 Å². The molecule has 2 atom stereocenters. The third kappa shape index (κ3) is 2.86. The first-order valence-corrected chi connectivity index (χ1v) is 10.5. The molecule has 114 valence electrons. The van der Waals surface area contributed by atoms with Gasteiger partial charge < -0.3 is 9.16 Å². The van der Waals surface area contributed by atoms with Crippen LogP contribution in [0.4, 0.5) is 0 Å². The van der Waals surface area contributed by atoms with Gasteiger partial charge in [-0.05, 0) is 43.0 Å². The first-order chi connectivity index (χ1) is 9.05. The molecule has 0 unspecified atom stereocenters. The van der Waals surface area contributed by atoms with Crippen LogP contribution < -0.4 is 0 Å². The average Bonchev–Trinajstić information content (AvgIpc) is 2.68. The molecule has 1 aliphatic heterocycles. The van der Waals surface area contributed by atoms with Crippen LogP contribution in [0.1, 0.15) is 47.0 Å². The Bertz CT molecular complexity index is 433. The van der Waals surface area contributed by atoms with E-state index >= 15 is 0 Å². The molecule has 2 rings (SSSR count). The van der Waals surface area contributed by atoms with Crippen molar-refractivity contribution in [1.82, 2.24) is 0 Å². The van der Waals surface area contributed by atoms with Crippen molar-refractivity contribution in [2.24, 2.45) is 5.41 Å². The van der Waals surface area contributed by atoms with Crippen LogP contribution >= 0.6 is 0 Å². The summed E-state index contributed by atoms with van der Waals surface area (Å²) >= 11 is 0. The zero-order valence-electron chi connectivity index (χ0n) is 13.7. The maximum atomic E-state index is 11.5. The zero-order chi connectivity index (χ0) is 15.2. The predicted molar refractivity (Wildman–Crippen MR) is 83.1 cm³/mol. The third-order valence-electron chi connectivity index (χ3n) is 5.29. The van der Waals surface area contributed by atoms with Crippen molar-refractivity contribution in [2.45, 2.75) is 71.2 Å². The second kappa shape index (κ2) is 4.99. The Morgan fingerprint density at radius 1 is 1.45 bits per heavy atom. The second-order valence-corrected chi connectivity index (χ2v) is 12.9. The van der Waals surface area contributed by atoms with Crippen LogP contribution in [0.2, 0.25) is 18.1 Å². The normalized spacial score (nSPS) is 30.8. The molecule has 20 heavy (non-hydrogen) atoms. The molecular formula is C16H28O3Si. The number of fused-ring (bicyclic) bond motifs is 1. The van der Waals surface area contributed by atoms with Gasteiger partial charge >= 0.3 is 5.97 Å². The number of esters is 1. The summed E-state index contributed by atoms with van der Waals surface area (Å²) in [6.45, 7) is 14.2. The van der Waals surface area contributed by atoms with Crippen molar-refractivity contribution in [2.75, 3.05) is 6.61 Å². The van der Waals surface area contributed by atoms with Gasteiger partial charge in [0.1, 0.15) is 6.10 Å². The van der Waals surface area contributed by atoms with Crippen molar-refractivity contribution in [3.63, 3.8) is 0 Å². The Labute approximate surface area is 123 Å². The molecule has 0 bridgehead atoms. The first-order valence-electron chi connectivity index (χ1n) is 7.60. The van der Waals surface area contributed by atoms with Crippen LogP contribution in [0.25, 0.3) is 0 Å². The Balaban J connectivity index is 2.08. The SMILES string of the molecule is CC(C)(C)[Si](C)(C)OC[C@@]1(C)CCCC2=CC(=O)O[C@H]21. The van der Waals surface area contributed by atoms with Gasteiger partial charge in [0, 0.05) is 18.1 Å². The van der Waals surface area contributed by atoms with Crippen LogP contribution in [-0.2, 0) is 14.0 Å². The highest BCUT2D eigenvalue weighted by Gasteiger charge is 2.47. The fourth-order valence-corrected chi connectivity index (χ4v) is 3.91. The number of carbonyl (C=O) groups is 1. The van der Waals surface area contributed by atoms with E-state index in [2.05, 4.69) is 40.8 Å². The average molecular weight is 296 g/mol. The lowest BCUT2D eigenvalue weighted by Crippen LogP contribution is -2.47. The molecule has 1 saturated carbocycles. The van der Waals surface area contributed by atoms with Gasteiger partial charge in [-0.2, -0.15) is 0 Å². The molecule has 1 fully saturated rings. The van der Waals surface area contributed by atoms with Crippen molar-refractivity contribution in [3.8, 4) is 0 Å². The summed E-state index contributed by atoms with van der Waals surface area (Å²) in [7, 11) is -1.76. The van der Waals surface area contributed by atoms with Crippen molar-refractivity contribution < 1.29 is 14.0 Å². The molecule has 0 aromatic carbocycles. The molecule has 1 heterocycles. The summed E-state index contributed by atoms with van der Waals surface area (Å²) in [5.41, 5.74) is 1.11. The maximum Gasteiger partial charge on any atom is 0.331 e. The maximum absolute atomic E-state index is 11.5. The van der Waals surface area contributed by atoms with E-state index in [-0.39, 0.29) is 22.5 Å². The molecule has 0 N–H and O–H groups in total. The summed E-state index contributed by atoms with van der Waals surface area (Å²) in [5, 5.41) is 0.211. The molecular weight excluding hydrogens is 268 g/mol. The van der Waals surface area contributed by atoms with E-state index < -0.39 is 8.32 Å². The molecule has 3 nitrogen and oxygen atoms in total. The highest BCUT2D eigenvalue weighted by atomic mass is 28.4. The predicted octanol–water partition coefficient (Wildman–Crippen LogP) is 4.05. The summed E-state index contributed by atoms with van der Waals surface area (Å²) in [6, 6.07) is 0. The number of hydrogen-bond donors (Lipinski definition) is 0. The smallest absolute Gasteiger partial charge is 0.331 e. The van der Waals surface area contributed by atoms with E-state index in [0.29, 0.717) is 6.61 Å². The van der Waals surface area contributed by atoms with E-state index in [1.165, 1.54) is 5.57 Å². The van der Waals surface area contributed by atoms with Crippen LogP contribution in [0, 0.1) is 5.41 Å². The lowest BCUT2D eigenvalue weighted by Gasteiger charge is -2.44. The minimum atomic E-state index is -1.76. The van der Waals surface area contributed by atoms with Gasteiger partial charge in [-0.1, -0.05) is 27.7 Å². The van der Waals surface area contributed by atoms with Gasteiger partial charge in [0.05, 0.1) is 0 Å². The highest BCUT2D eigenvalue weighted by Crippen LogP contribution is 2.45. The molecule has 0 aromatic rings. The van der Waals surface area contributed by atoms with Gasteiger partial charge in [0.15, 0.2) is 8.32 Å². The van der Waals surface area contributed by atoms with Crippen LogP contribution in [0.3, 0.4) is 0 Å². The van der Waals surface area contributed by atoms with Gasteiger partial charge in [0.25, 0.3) is 0 Å². The van der Waals surface area contributed by atoms with Gasteiger partial charge in [0.2, 0.25) is 0 Å². The fraction of sp³-hybridized carbons (Fsp3) is 0.812. The molecule has 0 saturated heterocycles. The van der Waals surface area contributed by atoms with E-state index in [1.54, 1.807) is 6.08 Å². The first kappa shape index (κ1) is 15.8. The Morgan fingerprint density at radius 2 is 2.10 bits per heavy atom. The molecule has 0 amide bonds. The Hall–Kier alpha value is -0.613. The largest absolute Gasteiger partial charge is 0.454 e. The Kier molecular flexibility index (Phi) is 3.93. The van der Waals surface area contributed by atoms with Crippen LogP contribution in [0.15, 0.2) is 11.6 Å². The topological polar surface area (TPSA) is 35.5 Å². The molecule has 0 radical (unpaired) electrons. The fourth-order valence-electron chi connectivity index (χ4n) is 2.78. The minimum Gasteiger partial charge on any atom is -0.454 e. The van der Waals surface area contributed by atoms with Crippen molar-refractivity contribution in [3.05, 3.63) is 11.6 Å². The number of hydrogen-bond acceptors (Lipinski definition) is 3. The summed E-state index contributed by atoms with van der Waals surface area (Å²) in [6.07, 6.45) is 4.81. The zero-order valence-corrected chi connectivity index (χ0v) is 14.7.